The average molecular weight is 323 g/mol. The third-order valence-corrected chi connectivity index (χ3v) is 4.46. The van der Waals surface area contributed by atoms with Crippen LogP contribution in [-0.4, -0.2) is 26.9 Å². The highest BCUT2D eigenvalue weighted by Gasteiger charge is 2.24. The zero-order chi connectivity index (χ0) is 16.7. The van der Waals surface area contributed by atoms with Crippen LogP contribution in [0.5, 0.6) is 5.75 Å². The van der Waals surface area contributed by atoms with Crippen molar-refractivity contribution in [1.82, 2.24) is 19.7 Å². The van der Waals surface area contributed by atoms with Gasteiger partial charge in [0.25, 0.3) is 0 Å². The van der Waals surface area contributed by atoms with Crippen molar-refractivity contribution in [3.8, 4) is 5.75 Å². The first kappa shape index (κ1) is 14.9. The molecule has 0 saturated heterocycles. The molecule has 1 aliphatic heterocycles. The van der Waals surface area contributed by atoms with Gasteiger partial charge in [-0.15, -0.1) is 0 Å². The molecule has 124 valence electrons. The Hall–Kier alpha value is -2.63. The summed E-state index contributed by atoms with van der Waals surface area (Å²) in [5.41, 5.74) is 2.91. The number of aromatic nitrogens is 4. The summed E-state index contributed by atoms with van der Waals surface area (Å²) >= 11 is 0. The number of ether oxygens (including phenoxy) is 1. The molecular weight excluding hydrogens is 302 g/mol. The molecule has 24 heavy (non-hydrogen) atoms. The lowest BCUT2D eigenvalue weighted by Gasteiger charge is -2.25. The molecule has 0 spiro atoms. The maximum atomic E-state index is 5.47. The number of pyridine rings is 1. The van der Waals surface area contributed by atoms with E-state index < -0.39 is 0 Å². The quantitative estimate of drug-likeness (QED) is 0.800. The van der Waals surface area contributed by atoms with Gasteiger partial charge in [-0.05, 0) is 38.8 Å². The van der Waals surface area contributed by atoms with E-state index in [2.05, 4.69) is 32.5 Å². The Labute approximate surface area is 140 Å². The van der Waals surface area contributed by atoms with Crippen LogP contribution >= 0.6 is 0 Å². The van der Waals surface area contributed by atoms with Gasteiger partial charge in [0.2, 0.25) is 0 Å². The lowest BCUT2D eigenvalue weighted by molar-refractivity contribution is 0.419. The minimum Gasteiger partial charge on any atom is -0.494 e. The van der Waals surface area contributed by atoms with Crippen molar-refractivity contribution in [2.24, 2.45) is 0 Å². The van der Waals surface area contributed by atoms with Crippen molar-refractivity contribution in [2.45, 2.75) is 39.3 Å². The molecule has 1 aromatic carbocycles. The molecule has 0 aliphatic carbocycles. The molecule has 0 saturated carbocycles. The molecule has 2 aromatic heterocycles. The fourth-order valence-electron chi connectivity index (χ4n) is 3.43. The second kappa shape index (κ2) is 5.78. The molecular formula is C18H21N5O. The molecule has 4 rings (SSSR count). The Bertz CT molecular complexity index is 902. The summed E-state index contributed by atoms with van der Waals surface area (Å²) in [6, 6.07) is 8.27. The maximum Gasteiger partial charge on any atom is 0.149 e. The number of aryl methyl sites for hydroxylation is 3. The van der Waals surface area contributed by atoms with E-state index in [1.165, 1.54) is 0 Å². The second-order valence-corrected chi connectivity index (χ2v) is 6.25. The zero-order valence-electron chi connectivity index (χ0n) is 14.2. The lowest BCUT2D eigenvalue weighted by Crippen LogP contribution is -2.22. The minimum absolute atomic E-state index is 0.163. The molecule has 0 bridgehead atoms. The van der Waals surface area contributed by atoms with Gasteiger partial charge in [0.05, 0.1) is 13.2 Å². The molecule has 1 aliphatic rings. The molecule has 3 aromatic rings. The van der Waals surface area contributed by atoms with Crippen LogP contribution in [0.2, 0.25) is 0 Å². The lowest BCUT2D eigenvalue weighted by atomic mass is 10.1. The Balaban J connectivity index is 1.78. The Morgan fingerprint density at radius 1 is 1.25 bits per heavy atom. The first-order valence-corrected chi connectivity index (χ1v) is 8.28. The number of fused-ring (bicyclic) bond motifs is 2. The highest BCUT2D eigenvalue weighted by Crippen LogP contribution is 2.34. The number of hydrogen-bond donors (Lipinski definition) is 1. The molecule has 0 amide bonds. The molecule has 1 unspecified atom stereocenters. The van der Waals surface area contributed by atoms with Crippen LogP contribution in [-0.2, 0) is 6.54 Å². The van der Waals surface area contributed by atoms with Crippen LogP contribution in [0.4, 0.5) is 5.69 Å². The van der Waals surface area contributed by atoms with Crippen molar-refractivity contribution in [3.05, 3.63) is 41.6 Å². The predicted octanol–water partition coefficient (Wildman–Crippen LogP) is 3.40. The van der Waals surface area contributed by atoms with E-state index in [9.17, 15) is 0 Å². The van der Waals surface area contributed by atoms with Gasteiger partial charge >= 0.3 is 0 Å². The Morgan fingerprint density at radius 2 is 2.12 bits per heavy atom. The molecule has 1 N–H and O–H groups in total. The average Bonchev–Trinajstić information content (AvgIpc) is 2.95. The Morgan fingerprint density at radius 3 is 2.96 bits per heavy atom. The van der Waals surface area contributed by atoms with E-state index in [-0.39, 0.29) is 6.04 Å². The summed E-state index contributed by atoms with van der Waals surface area (Å²) in [5, 5.41) is 9.21. The number of rotatable bonds is 3. The number of nitrogens with zero attached hydrogens (tertiary/aromatic N) is 4. The third kappa shape index (κ3) is 2.48. The first-order chi connectivity index (χ1) is 11.7. The fourth-order valence-corrected chi connectivity index (χ4v) is 3.43. The molecule has 0 fully saturated rings. The summed E-state index contributed by atoms with van der Waals surface area (Å²) in [5.74, 6) is 2.64. The van der Waals surface area contributed by atoms with E-state index in [0.29, 0.717) is 0 Å². The fraction of sp³-hybridized carbons (Fsp3) is 0.389. The van der Waals surface area contributed by atoms with Crippen molar-refractivity contribution in [1.29, 1.82) is 0 Å². The molecule has 6 heteroatoms. The van der Waals surface area contributed by atoms with Crippen molar-refractivity contribution in [2.75, 3.05) is 12.4 Å². The minimum atomic E-state index is 0.163. The van der Waals surface area contributed by atoms with Crippen molar-refractivity contribution in [3.63, 3.8) is 0 Å². The van der Waals surface area contributed by atoms with Crippen LogP contribution in [0.25, 0.3) is 10.9 Å². The molecule has 3 heterocycles. The third-order valence-electron chi connectivity index (χ3n) is 4.46. The van der Waals surface area contributed by atoms with Crippen LogP contribution in [0, 0.1) is 13.8 Å². The summed E-state index contributed by atoms with van der Waals surface area (Å²) in [6.45, 7) is 4.89. The van der Waals surface area contributed by atoms with Crippen LogP contribution in [0.3, 0.4) is 0 Å². The standard InChI is InChI=1S/C18H21N5O/c1-11-10-15(13-6-4-8-16(24-3)17(13)19-11)21-14-7-5-9-23-18(14)20-12(2)22-23/h4,6,8,10,14H,5,7,9H2,1-3H3,(H,19,21). The second-order valence-electron chi connectivity index (χ2n) is 6.25. The van der Waals surface area contributed by atoms with Gasteiger partial charge in [0.15, 0.2) is 0 Å². The van der Waals surface area contributed by atoms with Gasteiger partial charge in [0.1, 0.15) is 22.9 Å². The number of nitrogens with one attached hydrogen (secondary N) is 1. The van der Waals surface area contributed by atoms with E-state index in [0.717, 1.165) is 59.1 Å². The summed E-state index contributed by atoms with van der Waals surface area (Å²) in [7, 11) is 1.68. The van der Waals surface area contributed by atoms with E-state index in [4.69, 9.17) is 4.74 Å². The van der Waals surface area contributed by atoms with E-state index in [1.807, 2.05) is 30.7 Å². The topological polar surface area (TPSA) is 64.9 Å². The first-order valence-electron chi connectivity index (χ1n) is 8.28. The van der Waals surface area contributed by atoms with Crippen molar-refractivity contribution >= 4 is 16.6 Å². The van der Waals surface area contributed by atoms with Crippen LogP contribution < -0.4 is 10.1 Å². The molecule has 1 atom stereocenters. The maximum absolute atomic E-state index is 5.47. The number of para-hydroxylation sites is 1. The van der Waals surface area contributed by atoms with Crippen molar-refractivity contribution < 1.29 is 4.74 Å². The highest BCUT2D eigenvalue weighted by atomic mass is 16.5. The smallest absolute Gasteiger partial charge is 0.149 e. The van der Waals surface area contributed by atoms with Gasteiger partial charge in [-0.3, -0.25) is 0 Å². The van der Waals surface area contributed by atoms with Gasteiger partial charge in [0, 0.05) is 23.3 Å². The van der Waals surface area contributed by atoms with Crippen LogP contribution in [0.15, 0.2) is 24.3 Å². The highest BCUT2D eigenvalue weighted by molar-refractivity contribution is 5.95. The van der Waals surface area contributed by atoms with Gasteiger partial charge in [-0.1, -0.05) is 12.1 Å². The van der Waals surface area contributed by atoms with Gasteiger partial charge < -0.3 is 10.1 Å². The van der Waals surface area contributed by atoms with Gasteiger partial charge in [-0.2, -0.15) is 5.10 Å². The monoisotopic (exact) mass is 323 g/mol. The number of methoxy groups -OCH3 is 1. The molecule has 6 nitrogen and oxygen atoms in total. The number of hydrogen-bond acceptors (Lipinski definition) is 5. The van der Waals surface area contributed by atoms with E-state index >= 15 is 0 Å². The summed E-state index contributed by atoms with van der Waals surface area (Å²) in [4.78, 5) is 9.26. The van der Waals surface area contributed by atoms with Crippen LogP contribution in [0.1, 0.15) is 36.2 Å². The zero-order valence-corrected chi connectivity index (χ0v) is 14.2. The largest absolute Gasteiger partial charge is 0.494 e. The van der Waals surface area contributed by atoms with E-state index in [1.54, 1.807) is 7.11 Å². The number of benzene rings is 1. The molecule has 0 radical (unpaired) electrons. The SMILES string of the molecule is COc1cccc2c(NC3CCCn4nc(C)nc43)cc(C)nc12. The Kier molecular flexibility index (Phi) is 3.59. The predicted molar refractivity (Wildman–Crippen MR) is 93.4 cm³/mol. The number of anilines is 1. The summed E-state index contributed by atoms with van der Waals surface area (Å²) < 4.78 is 7.49. The normalized spacial score (nSPS) is 16.9. The summed E-state index contributed by atoms with van der Waals surface area (Å²) in [6.07, 6.45) is 2.14. The van der Waals surface area contributed by atoms with Gasteiger partial charge in [-0.25, -0.2) is 14.6 Å².